The van der Waals surface area contributed by atoms with Gasteiger partial charge in [0, 0.05) is 16.1 Å². The predicted molar refractivity (Wildman–Crippen MR) is 93.6 cm³/mol. The van der Waals surface area contributed by atoms with Gasteiger partial charge in [0.15, 0.2) is 0 Å². The standard InChI is InChI=1S/C18H13BrN2O3/c1-23-12-4-6-17(14(8-12)18(22)24-2)21-10-15(19)13-7-11(9-20)3-5-16(13)21/h3-8,10H,1-2H3. The maximum atomic E-state index is 12.2. The van der Waals surface area contributed by atoms with Crippen LogP contribution in [0.25, 0.3) is 16.6 Å². The van der Waals surface area contributed by atoms with Crippen molar-refractivity contribution < 1.29 is 14.3 Å². The monoisotopic (exact) mass is 384 g/mol. The summed E-state index contributed by atoms with van der Waals surface area (Å²) in [5.74, 6) is 0.122. The fraction of sp³-hybridized carbons (Fsp3) is 0.111. The second-order valence-electron chi connectivity index (χ2n) is 5.07. The van der Waals surface area contributed by atoms with Gasteiger partial charge in [-0.1, -0.05) is 0 Å². The molecule has 2 aromatic carbocycles. The number of nitrogens with zero attached hydrogens (tertiary/aromatic N) is 2. The van der Waals surface area contributed by atoms with Crippen LogP contribution in [0.4, 0.5) is 0 Å². The number of carbonyl (C=O) groups is 1. The normalized spacial score (nSPS) is 10.4. The van der Waals surface area contributed by atoms with Crippen molar-refractivity contribution in [3.63, 3.8) is 0 Å². The highest BCUT2D eigenvalue weighted by Gasteiger charge is 2.17. The van der Waals surface area contributed by atoms with Crippen LogP contribution in [0, 0.1) is 11.3 Å². The Morgan fingerprint density at radius 2 is 2.00 bits per heavy atom. The summed E-state index contributed by atoms with van der Waals surface area (Å²) in [5, 5.41) is 9.96. The van der Waals surface area contributed by atoms with Crippen LogP contribution in [0.3, 0.4) is 0 Å². The van der Waals surface area contributed by atoms with E-state index in [1.54, 1.807) is 37.4 Å². The van der Waals surface area contributed by atoms with E-state index in [2.05, 4.69) is 22.0 Å². The molecule has 0 aliphatic carbocycles. The van der Waals surface area contributed by atoms with Gasteiger partial charge in [0.25, 0.3) is 0 Å². The number of rotatable bonds is 3. The maximum absolute atomic E-state index is 12.2. The molecule has 0 atom stereocenters. The van der Waals surface area contributed by atoms with Gasteiger partial charge in [0.2, 0.25) is 0 Å². The maximum Gasteiger partial charge on any atom is 0.340 e. The third-order valence-electron chi connectivity index (χ3n) is 3.75. The van der Waals surface area contributed by atoms with Gasteiger partial charge in [0.05, 0.1) is 42.6 Å². The molecule has 0 aliphatic heterocycles. The first-order chi connectivity index (χ1) is 11.6. The summed E-state index contributed by atoms with van der Waals surface area (Å²) < 4.78 is 12.8. The number of benzene rings is 2. The van der Waals surface area contributed by atoms with Gasteiger partial charge in [-0.05, 0) is 52.3 Å². The second-order valence-corrected chi connectivity index (χ2v) is 5.92. The lowest BCUT2D eigenvalue weighted by molar-refractivity contribution is 0.0600. The van der Waals surface area contributed by atoms with Gasteiger partial charge in [-0.15, -0.1) is 0 Å². The van der Waals surface area contributed by atoms with Gasteiger partial charge in [-0.2, -0.15) is 5.26 Å². The molecule has 3 rings (SSSR count). The molecule has 3 aromatic rings. The molecule has 0 radical (unpaired) electrons. The summed E-state index contributed by atoms with van der Waals surface area (Å²) in [5.41, 5.74) is 2.51. The van der Waals surface area contributed by atoms with Crippen molar-refractivity contribution in [1.82, 2.24) is 4.57 Å². The average molecular weight is 385 g/mol. The Morgan fingerprint density at radius 3 is 2.67 bits per heavy atom. The highest BCUT2D eigenvalue weighted by atomic mass is 79.9. The molecule has 24 heavy (non-hydrogen) atoms. The molecule has 5 nitrogen and oxygen atoms in total. The van der Waals surface area contributed by atoms with Crippen molar-refractivity contribution in [2.75, 3.05) is 14.2 Å². The quantitative estimate of drug-likeness (QED) is 0.638. The number of hydrogen-bond donors (Lipinski definition) is 0. The van der Waals surface area contributed by atoms with Crippen molar-refractivity contribution in [2.45, 2.75) is 0 Å². The third-order valence-corrected chi connectivity index (χ3v) is 4.39. The lowest BCUT2D eigenvalue weighted by Gasteiger charge is -2.12. The molecule has 0 spiro atoms. The predicted octanol–water partition coefficient (Wildman–Crippen LogP) is 4.06. The molecule has 0 saturated heterocycles. The number of esters is 1. The van der Waals surface area contributed by atoms with Crippen LogP contribution in [-0.2, 0) is 4.74 Å². The van der Waals surface area contributed by atoms with Crippen molar-refractivity contribution in [3.8, 4) is 17.5 Å². The van der Waals surface area contributed by atoms with Crippen molar-refractivity contribution in [1.29, 1.82) is 5.26 Å². The Morgan fingerprint density at radius 1 is 1.21 bits per heavy atom. The lowest BCUT2D eigenvalue weighted by atomic mass is 10.1. The molecule has 0 unspecified atom stereocenters. The third kappa shape index (κ3) is 2.63. The highest BCUT2D eigenvalue weighted by Crippen LogP contribution is 2.32. The zero-order chi connectivity index (χ0) is 17.3. The minimum absolute atomic E-state index is 0.394. The number of hydrogen-bond acceptors (Lipinski definition) is 4. The molecule has 6 heteroatoms. The molecule has 0 saturated carbocycles. The molecule has 0 amide bonds. The number of ether oxygens (including phenoxy) is 2. The van der Waals surface area contributed by atoms with Crippen LogP contribution in [0.5, 0.6) is 5.75 Å². The Hall–Kier alpha value is -2.78. The van der Waals surface area contributed by atoms with Crippen molar-refractivity contribution >= 4 is 32.8 Å². The zero-order valence-corrected chi connectivity index (χ0v) is 14.6. The topological polar surface area (TPSA) is 64.2 Å². The molecule has 1 aromatic heterocycles. The first kappa shape index (κ1) is 16.1. The zero-order valence-electron chi connectivity index (χ0n) is 13.0. The number of methoxy groups -OCH3 is 2. The summed E-state index contributed by atoms with van der Waals surface area (Å²) in [6.45, 7) is 0. The van der Waals surface area contributed by atoms with Gasteiger partial charge in [-0.25, -0.2) is 4.79 Å². The molecule has 0 fully saturated rings. The number of fused-ring (bicyclic) bond motifs is 1. The summed E-state index contributed by atoms with van der Waals surface area (Å²) in [6, 6.07) is 12.8. The van der Waals surface area contributed by atoms with Crippen molar-refractivity contribution in [2.24, 2.45) is 0 Å². The van der Waals surface area contributed by atoms with Crippen LogP contribution in [-0.4, -0.2) is 24.8 Å². The van der Waals surface area contributed by atoms with Crippen molar-refractivity contribution in [3.05, 3.63) is 58.2 Å². The van der Waals surface area contributed by atoms with E-state index in [0.717, 1.165) is 15.4 Å². The van der Waals surface area contributed by atoms with E-state index in [1.807, 2.05) is 16.8 Å². The number of aromatic nitrogens is 1. The van der Waals surface area contributed by atoms with Gasteiger partial charge in [0.1, 0.15) is 5.75 Å². The molecular weight excluding hydrogens is 372 g/mol. The largest absolute Gasteiger partial charge is 0.497 e. The first-order valence-electron chi connectivity index (χ1n) is 7.06. The fourth-order valence-electron chi connectivity index (χ4n) is 2.58. The Bertz CT molecular complexity index is 986. The van der Waals surface area contributed by atoms with E-state index in [-0.39, 0.29) is 0 Å². The second kappa shape index (κ2) is 6.38. The van der Waals surface area contributed by atoms with E-state index in [0.29, 0.717) is 22.6 Å². The van der Waals surface area contributed by atoms with E-state index >= 15 is 0 Å². The molecule has 0 bridgehead atoms. The first-order valence-corrected chi connectivity index (χ1v) is 7.85. The number of halogens is 1. The fourth-order valence-corrected chi connectivity index (χ4v) is 3.11. The minimum atomic E-state index is -0.449. The van der Waals surface area contributed by atoms with Crippen LogP contribution < -0.4 is 4.74 Å². The van der Waals surface area contributed by atoms with Crippen LogP contribution in [0.1, 0.15) is 15.9 Å². The smallest absolute Gasteiger partial charge is 0.340 e. The summed E-state index contributed by atoms with van der Waals surface area (Å²) in [6.07, 6.45) is 1.86. The van der Waals surface area contributed by atoms with E-state index in [1.165, 1.54) is 7.11 Å². The molecule has 0 aliphatic rings. The molecule has 120 valence electrons. The lowest BCUT2D eigenvalue weighted by Crippen LogP contribution is -2.07. The van der Waals surface area contributed by atoms with Gasteiger partial charge < -0.3 is 14.0 Å². The van der Waals surface area contributed by atoms with Gasteiger partial charge in [-0.3, -0.25) is 0 Å². The molecular formula is C18H13BrN2O3. The molecule has 0 N–H and O–H groups in total. The average Bonchev–Trinajstić information content (AvgIpc) is 2.96. The van der Waals surface area contributed by atoms with Crippen LogP contribution in [0.2, 0.25) is 0 Å². The summed E-state index contributed by atoms with van der Waals surface area (Å²) in [4.78, 5) is 12.2. The Labute approximate surface area is 147 Å². The number of nitriles is 1. The minimum Gasteiger partial charge on any atom is -0.497 e. The highest BCUT2D eigenvalue weighted by molar-refractivity contribution is 9.10. The van der Waals surface area contributed by atoms with E-state index < -0.39 is 5.97 Å². The van der Waals surface area contributed by atoms with Gasteiger partial charge >= 0.3 is 5.97 Å². The SMILES string of the molecule is COC(=O)c1cc(OC)ccc1-n1cc(Br)c2cc(C#N)ccc21. The summed E-state index contributed by atoms with van der Waals surface area (Å²) in [7, 11) is 2.88. The van der Waals surface area contributed by atoms with Crippen LogP contribution >= 0.6 is 15.9 Å². The van der Waals surface area contributed by atoms with E-state index in [4.69, 9.17) is 14.7 Å². The molecule has 1 heterocycles. The summed E-state index contributed by atoms with van der Waals surface area (Å²) >= 11 is 3.51. The van der Waals surface area contributed by atoms with E-state index in [9.17, 15) is 4.79 Å². The van der Waals surface area contributed by atoms with Crippen LogP contribution in [0.15, 0.2) is 47.1 Å². The Balaban J connectivity index is 2.28. The number of carbonyl (C=O) groups excluding carboxylic acids is 1. The Kier molecular flexibility index (Phi) is 4.28.